The zero-order valence-electron chi connectivity index (χ0n) is 15.3. The molecule has 2 aliphatic rings. The van der Waals surface area contributed by atoms with Gasteiger partial charge in [0.1, 0.15) is 6.07 Å². The number of pyridine rings is 1. The number of hydrogen-bond acceptors (Lipinski definition) is 4. The molecule has 138 valence electrons. The van der Waals surface area contributed by atoms with E-state index in [9.17, 15) is 10.1 Å². The van der Waals surface area contributed by atoms with Gasteiger partial charge in [-0.25, -0.2) is 0 Å². The Morgan fingerprint density at radius 2 is 2.15 bits per heavy atom. The molecule has 2 heterocycles. The summed E-state index contributed by atoms with van der Waals surface area (Å²) in [5.41, 5.74) is 4.91. The number of nitrogens with one attached hydrogen (secondary N) is 1. The Balaban J connectivity index is 1.58. The molecule has 2 aromatic rings. The second-order valence-electron chi connectivity index (χ2n) is 7.24. The van der Waals surface area contributed by atoms with Crippen LogP contribution in [0, 0.1) is 11.3 Å². The molecule has 0 spiro atoms. The van der Waals surface area contributed by atoms with Crippen molar-refractivity contribution >= 4 is 5.91 Å². The van der Waals surface area contributed by atoms with Crippen LogP contribution in [0.15, 0.2) is 30.3 Å². The maximum Gasteiger partial charge on any atom is 0.251 e. The van der Waals surface area contributed by atoms with Gasteiger partial charge in [-0.05, 0) is 62.3 Å². The lowest BCUT2D eigenvalue weighted by Gasteiger charge is -2.17. The molecule has 27 heavy (non-hydrogen) atoms. The molecule has 1 fully saturated rings. The lowest BCUT2D eigenvalue weighted by atomic mass is 9.93. The smallest absolute Gasteiger partial charge is 0.251 e. The summed E-state index contributed by atoms with van der Waals surface area (Å²) in [6.07, 6.45) is 6.39. The number of amides is 1. The molecule has 5 heteroatoms. The van der Waals surface area contributed by atoms with Gasteiger partial charge in [-0.2, -0.15) is 5.26 Å². The first-order valence-corrected chi connectivity index (χ1v) is 9.68. The van der Waals surface area contributed by atoms with Crippen LogP contribution in [0.5, 0.6) is 0 Å². The zero-order valence-corrected chi connectivity index (χ0v) is 15.3. The van der Waals surface area contributed by atoms with E-state index >= 15 is 0 Å². The topological polar surface area (TPSA) is 75.0 Å². The summed E-state index contributed by atoms with van der Waals surface area (Å²) in [6, 6.07) is 11.6. The third-order valence-corrected chi connectivity index (χ3v) is 5.33. The Bertz CT molecular complexity index is 895. The number of hydrogen-bond donors (Lipinski definition) is 1. The van der Waals surface area contributed by atoms with Crippen molar-refractivity contribution in [3.63, 3.8) is 0 Å². The highest BCUT2D eigenvalue weighted by molar-refractivity contribution is 5.95. The molecule has 0 bridgehead atoms. The number of carbonyl (C=O) groups is 1. The summed E-state index contributed by atoms with van der Waals surface area (Å²) in [5.74, 6) is -0.121. The van der Waals surface area contributed by atoms with Crippen LogP contribution in [0.25, 0.3) is 11.3 Å². The van der Waals surface area contributed by atoms with E-state index in [1.54, 1.807) is 6.07 Å². The van der Waals surface area contributed by atoms with Crippen LogP contribution in [0.2, 0.25) is 0 Å². The monoisotopic (exact) mass is 361 g/mol. The van der Waals surface area contributed by atoms with E-state index in [-0.39, 0.29) is 12.0 Å². The fourth-order valence-corrected chi connectivity index (χ4v) is 3.86. The predicted molar refractivity (Wildman–Crippen MR) is 102 cm³/mol. The number of aryl methyl sites for hydroxylation is 2. The van der Waals surface area contributed by atoms with Gasteiger partial charge in [0.25, 0.3) is 5.91 Å². The lowest BCUT2D eigenvalue weighted by Crippen LogP contribution is -2.31. The minimum atomic E-state index is -0.121. The Kier molecular flexibility index (Phi) is 5.17. The third-order valence-electron chi connectivity index (χ3n) is 5.33. The number of nitrogens with zero attached hydrogens (tertiary/aromatic N) is 2. The van der Waals surface area contributed by atoms with Gasteiger partial charge in [0.2, 0.25) is 0 Å². The van der Waals surface area contributed by atoms with Crippen molar-refractivity contribution in [1.82, 2.24) is 10.3 Å². The molecule has 1 aliphatic carbocycles. The summed E-state index contributed by atoms with van der Waals surface area (Å²) < 4.78 is 5.55. The maximum absolute atomic E-state index is 12.5. The maximum atomic E-state index is 12.5. The van der Waals surface area contributed by atoms with Gasteiger partial charge in [0.05, 0.1) is 17.4 Å². The van der Waals surface area contributed by atoms with E-state index in [0.717, 1.165) is 56.4 Å². The molecule has 1 aliphatic heterocycles. The highest BCUT2D eigenvalue weighted by atomic mass is 16.5. The molecule has 1 N–H and O–H groups in total. The number of fused-ring (bicyclic) bond motifs is 1. The van der Waals surface area contributed by atoms with E-state index < -0.39 is 0 Å². The van der Waals surface area contributed by atoms with Gasteiger partial charge in [-0.3, -0.25) is 9.78 Å². The lowest BCUT2D eigenvalue weighted by molar-refractivity contribution is 0.0858. The molecule has 1 unspecified atom stereocenters. The van der Waals surface area contributed by atoms with Gasteiger partial charge >= 0.3 is 0 Å². The van der Waals surface area contributed by atoms with Crippen LogP contribution in [0.4, 0.5) is 0 Å². The van der Waals surface area contributed by atoms with Crippen LogP contribution >= 0.6 is 0 Å². The van der Waals surface area contributed by atoms with Gasteiger partial charge in [-0.15, -0.1) is 0 Å². The van der Waals surface area contributed by atoms with Gasteiger partial charge in [-0.1, -0.05) is 12.1 Å². The van der Waals surface area contributed by atoms with Crippen LogP contribution in [-0.2, 0) is 17.6 Å². The summed E-state index contributed by atoms with van der Waals surface area (Å²) >= 11 is 0. The first kappa shape index (κ1) is 17.7. The molecular weight excluding hydrogens is 338 g/mol. The standard InChI is InChI=1S/C22H23N3O2/c23-13-18-11-15-5-1-2-9-20(15)25-21(18)16-6-3-7-17(12-16)22(26)24-14-19-8-4-10-27-19/h3,6-7,11-12,19H,1-2,4-5,8-10,14H2,(H,24,26). The predicted octanol–water partition coefficient (Wildman–Crippen LogP) is 3.41. The van der Waals surface area contributed by atoms with Crippen molar-refractivity contribution in [2.45, 2.75) is 44.6 Å². The first-order chi connectivity index (χ1) is 13.2. The normalized spacial score (nSPS) is 18.6. The second kappa shape index (κ2) is 7.89. The second-order valence-corrected chi connectivity index (χ2v) is 7.24. The fourth-order valence-electron chi connectivity index (χ4n) is 3.86. The number of benzene rings is 1. The van der Waals surface area contributed by atoms with Crippen LogP contribution in [-0.4, -0.2) is 30.1 Å². The number of rotatable bonds is 4. The van der Waals surface area contributed by atoms with Crippen molar-refractivity contribution in [2.75, 3.05) is 13.2 Å². The number of nitriles is 1. The molecule has 1 aromatic carbocycles. The molecule has 4 rings (SSSR count). The van der Waals surface area contributed by atoms with Gasteiger partial charge in [0, 0.05) is 30.0 Å². The van der Waals surface area contributed by atoms with E-state index in [4.69, 9.17) is 9.72 Å². The molecule has 1 atom stereocenters. The number of carbonyl (C=O) groups excluding carboxylic acids is 1. The minimum absolute atomic E-state index is 0.115. The quantitative estimate of drug-likeness (QED) is 0.905. The average Bonchev–Trinajstić information content (AvgIpc) is 3.24. The van der Waals surface area contributed by atoms with Crippen LogP contribution in [0.3, 0.4) is 0 Å². The van der Waals surface area contributed by atoms with Crippen molar-refractivity contribution in [2.24, 2.45) is 0 Å². The van der Waals surface area contributed by atoms with E-state index in [2.05, 4.69) is 11.4 Å². The van der Waals surface area contributed by atoms with Crippen molar-refractivity contribution in [3.05, 3.63) is 52.7 Å². The average molecular weight is 361 g/mol. The van der Waals surface area contributed by atoms with E-state index in [0.29, 0.717) is 23.4 Å². The SMILES string of the molecule is N#Cc1cc2c(nc1-c1cccc(C(=O)NCC3CCCO3)c1)CCCC2. The fraction of sp³-hybridized carbons (Fsp3) is 0.409. The number of aromatic nitrogens is 1. The Hall–Kier alpha value is -2.71. The van der Waals surface area contributed by atoms with E-state index in [1.807, 2.05) is 24.3 Å². The molecular formula is C22H23N3O2. The Morgan fingerprint density at radius 3 is 2.96 bits per heavy atom. The largest absolute Gasteiger partial charge is 0.376 e. The molecule has 0 radical (unpaired) electrons. The summed E-state index contributed by atoms with van der Waals surface area (Å²) in [7, 11) is 0. The van der Waals surface area contributed by atoms with Gasteiger partial charge in [0.15, 0.2) is 0 Å². The number of ether oxygens (including phenoxy) is 1. The van der Waals surface area contributed by atoms with Crippen molar-refractivity contribution in [3.8, 4) is 17.3 Å². The van der Waals surface area contributed by atoms with E-state index in [1.165, 1.54) is 5.56 Å². The third kappa shape index (κ3) is 3.86. The molecule has 1 amide bonds. The summed E-state index contributed by atoms with van der Waals surface area (Å²) in [6.45, 7) is 1.31. The molecule has 1 aromatic heterocycles. The summed E-state index contributed by atoms with van der Waals surface area (Å²) in [4.78, 5) is 17.3. The zero-order chi connectivity index (χ0) is 18.6. The van der Waals surface area contributed by atoms with Crippen molar-refractivity contribution in [1.29, 1.82) is 5.26 Å². The summed E-state index contributed by atoms with van der Waals surface area (Å²) in [5, 5.41) is 12.5. The van der Waals surface area contributed by atoms with Crippen LogP contribution in [0.1, 0.15) is 52.9 Å². The van der Waals surface area contributed by atoms with Crippen molar-refractivity contribution < 1.29 is 9.53 Å². The Labute approximate surface area is 159 Å². The Morgan fingerprint density at radius 1 is 1.26 bits per heavy atom. The highest BCUT2D eigenvalue weighted by Gasteiger charge is 2.19. The minimum Gasteiger partial charge on any atom is -0.376 e. The highest BCUT2D eigenvalue weighted by Crippen LogP contribution is 2.28. The van der Waals surface area contributed by atoms with Crippen LogP contribution < -0.4 is 5.32 Å². The first-order valence-electron chi connectivity index (χ1n) is 9.68. The molecule has 0 saturated carbocycles. The molecule has 5 nitrogen and oxygen atoms in total. The van der Waals surface area contributed by atoms with Gasteiger partial charge < -0.3 is 10.1 Å². The molecule has 1 saturated heterocycles.